The summed E-state index contributed by atoms with van der Waals surface area (Å²) in [6.07, 6.45) is 0. The van der Waals surface area contributed by atoms with Gasteiger partial charge in [0.05, 0.1) is 48.9 Å². The van der Waals surface area contributed by atoms with Crippen molar-refractivity contribution in [3.05, 3.63) is 84.5 Å². The Morgan fingerprint density at radius 1 is 1.05 bits per heavy atom. The first-order chi connectivity index (χ1) is 18.9. The van der Waals surface area contributed by atoms with Crippen LogP contribution in [0.5, 0.6) is 11.5 Å². The molecule has 0 bridgehead atoms. The van der Waals surface area contributed by atoms with E-state index in [2.05, 4.69) is 4.99 Å². The molecule has 9 nitrogen and oxygen atoms in total. The van der Waals surface area contributed by atoms with Gasteiger partial charge in [-0.15, -0.1) is 0 Å². The molecular weight excluding hydrogens is 518 g/mol. The zero-order valence-electron chi connectivity index (χ0n) is 22.4. The van der Waals surface area contributed by atoms with Gasteiger partial charge in [-0.1, -0.05) is 35.6 Å². The van der Waals surface area contributed by atoms with E-state index in [1.54, 1.807) is 36.9 Å². The van der Waals surface area contributed by atoms with Crippen LogP contribution in [0.25, 0.3) is 5.57 Å². The lowest BCUT2D eigenvalue weighted by Crippen LogP contribution is -2.41. The molecule has 0 spiro atoms. The molecule has 0 radical (unpaired) electrons. The maximum absolute atomic E-state index is 14.2. The number of likely N-dealkylation sites (N-methyl/N-ethyl adjacent to an activating group) is 1. The Morgan fingerprint density at radius 3 is 2.51 bits per heavy atom. The van der Waals surface area contributed by atoms with Crippen molar-refractivity contribution in [2.45, 2.75) is 33.7 Å². The molecule has 5 rings (SSSR count). The Bertz CT molecular complexity index is 1700. The Hall–Kier alpha value is -4.18. The van der Waals surface area contributed by atoms with Crippen LogP contribution in [0, 0.1) is 0 Å². The second-order valence-electron chi connectivity index (χ2n) is 8.91. The van der Waals surface area contributed by atoms with Gasteiger partial charge >= 0.3 is 5.97 Å². The molecule has 1 amide bonds. The van der Waals surface area contributed by atoms with Gasteiger partial charge in [-0.3, -0.25) is 14.2 Å². The number of ether oxygens (including phenoxy) is 3. The van der Waals surface area contributed by atoms with Gasteiger partial charge in [-0.25, -0.2) is 9.79 Å². The summed E-state index contributed by atoms with van der Waals surface area (Å²) >= 11 is 1.15. The van der Waals surface area contributed by atoms with Crippen molar-refractivity contribution in [3.63, 3.8) is 0 Å². The van der Waals surface area contributed by atoms with Crippen LogP contribution < -0.4 is 29.3 Å². The quantitative estimate of drug-likeness (QED) is 0.422. The van der Waals surface area contributed by atoms with Gasteiger partial charge in [0.2, 0.25) is 0 Å². The van der Waals surface area contributed by atoms with Gasteiger partial charge in [-0.2, -0.15) is 0 Å². The average Bonchev–Trinajstić information content (AvgIpc) is 3.40. The van der Waals surface area contributed by atoms with Crippen LogP contribution in [-0.2, 0) is 14.3 Å². The third kappa shape index (κ3) is 4.24. The Labute approximate surface area is 229 Å². The maximum Gasteiger partial charge on any atom is 0.338 e. The number of amides is 1. The number of hydrogen-bond acceptors (Lipinski definition) is 8. The molecule has 3 heterocycles. The summed E-state index contributed by atoms with van der Waals surface area (Å²) in [5, 5.41) is 0. The van der Waals surface area contributed by atoms with E-state index in [0.717, 1.165) is 17.0 Å². The minimum absolute atomic E-state index is 0.168. The number of benzene rings is 2. The molecule has 202 valence electrons. The second kappa shape index (κ2) is 10.5. The molecule has 1 aromatic heterocycles. The molecule has 10 heteroatoms. The molecule has 3 aromatic rings. The number of para-hydroxylation sites is 1. The smallest absolute Gasteiger partial charge is 0.338 e. The third-order valence-corrected chi connectivity index (χ3v) is 7.82. The van der Waals surface area contributed by atoms with Gasteiger partial charge in [0.25, 0.3) is 11.5 Å². The molecule has 0 aliphatic carbocycles. The normalized spacial score (nSPS) is 17.5. The standard InChI is InChI=1S/C29H29N3O6S/c1-6-31-19-12-10-9-11-18(19)23(26(31)33)25-27(34)32-24(17-13-14-20(37-7-2)21(15-17)36-5)22(28(35)38-8-3)16(4)30-29(32)39-25/h9-15,24H,6-8H2,1-5H3/b25-23-. The molecule has 1 atom stereocenters. The molecule has 0 fully saturated rings. The minimum atomic E-state index is -0.840. The molecular formula is C29H29N3O6S. The number of esters is 1. The number of carbonyl (C=O) groups excluding carboxylic acids is 2. The predicted octanol–water partition coefficient (Wildman–Crippen LogP) is 2.94. The van der Waals surface area contributed by atoms with E-state index < -0.39 is 17.6 Å². The Morgan fingerprint density at radius 2 is 1.82 bits per heavy atom. The highest BCUT2D eigenvalue weighted by Gasteiger charge is 2.37. The van der Waals surface area contributed by atoms with Crippen molar-refractivity contribution in [3.8, 4) is 11.5 Å². The molecule has 0 N–H and O–H groups in total. The highest BCUT2D eigenvalue weighted by molar-refractivity contribution is 7.07. The SMILES string of the molecule is CCOC(=O)C1=C(C)N=c2s/c(=C3\C(=O)N(CC)c4ccccc43)c(=O)n2C1c1ccc(OCC)c(OC)c1. The van der Waals surface area contributed by atoms with Gasteiger partial charge in [0.1, 0.15) is 4.53 Å². The summed E-state index contributed by atoms with van der Waals surface area (Å²) in [6, 6.07) is 11.9. The first kappa shape index (κ1) is 26.4. The van der Waals surface area contributed by atoms with Crippen LogP contribution in [0.2, 0.25) is 0 Å². The van der Waals surface area contributed by atoms with Crippen LogP contribution in [0.1, 0.15) is 44.9 Å². The first-order valence-corrected chi connectivity index (χ1v) is 13.6. The summed E-state index contributed by atoms with van der Waals surface area (Å²) in [6.45, 7) is 8.31. The number of carbonyl (C=O) groups is 2. The van der Waals surface area contributed by atoms with Crippen LogP contribution in [0.3, 0.4) is 0 Å². The van der Waals surface area contributed by atoms with Crippen LogP contribution >= 0.6 is 11.3 Å². The summed E-state index contributed by atoms with van der Waals surface area (Å²) in [7, 11) is 1.53. The van der Waals surface area contributed by atoms with E-state index in [1.165, 1.54) is 11.7 Å². The summed E-state index contributed by atoms with van der Waals surface area (Å²) in [5.74, 6) is 0.221. The van der Waals surface area contributed by atoms with Crippen molar-refractivity contribution >= 4 is 34.5 Å². The fourth-order valence-corrected chi connectivity index (χ4v) is 6.24. The topological polar surface area (TPSA) is 99.4 Å². The van der Waals surface area contributed by atoms with Crippen LogP contribution in [-0.4, -0.2) is 43.3 Å². The van der Waals surface area contributed by atoms with E-state index in [-0.39, 0.29) is 22.6 Å². The molecule has 2 aromatic carbocycles. The molecule has 0 saturated carbocycles. The third-order valence-electron chi connectivity index (χ3n) is 6.76. The first-order valence-electron chi connectivity index (χ1n) is 12.8. The van der Waals surface area contributed by atoms with Crippen molar-refractivity contribution in [2.75, 3.05) is 31.8 Å². The molecule has 0 saturated heterocycles. The molecule has 2 aliphatic rings. The van der Waals surface area contributed by atoms with Crippen LogP contribution in [0.15, 0.2) is 63.5 Å². The highest BCUT2D eigenvalue weighted by Crippen LogP contribution is 2.37. The number of nitrogens with zero attached hydrogens (tertiary/aromatic N) is 3. The summed E-state index contributed by atoms with van der Waals surface area (Å²) < 4.78 is 18.4. The van der Waals surface area contributed by atoms with Crippen molar-refractivity contribution in [1.29, 1.82) is 0 Å². The van der Waals surface area contributed by atoms with E-state index >= 15 is 0 Å². The monoisotopic (exact) mass is 547 g/mol. The largest absolute Gasteiger partial charge is 0.493 e. The van der Waals surface area contributed by atoms with Gasteiger partial charge in [-0.05, 0) is 51.5 Å². The number of hydrogen-bond donors (Lipinski definition) is 0. The molecule has 1 unspecified atom stereocenters. The fourth-order valence-electron chi connectivity index (χ4n) is 5.10. The van der Waals surface area contributed by atoms with Crippen LogP contribution in [0.4, 0.5) is 5.69 Å². The number of thiazole rings is 1. The van der Waals surface area contributed by atoms with Gasteiger partial charge < -0.3 is 19.1 Å². The zero-order chi connectivity index (χ0) is 27.8. The van der Waals surface area contributed by atoms with Crippen molar-refractivity contribution < 1.29 is 23.8 Å². The Kier molecular flexibility index (Phi) is 7.14. The zero-order valence-corrected chi connectivity index (χ0v) is 23.3. The predicted molar refractivity (Wildman–Crippen MR) is 148 cm³/mol. The van der Waals surface area contributed by atoms with E-state index in [0.29, 0.717) is 51.8 Å². The number of allylic oxidation sites excluding steroid dienone is 1. The maximum atomic E-state index is 14.2. The average molecular weight is 548 g/mol. The molecule has 39 heavy (non-hydrogen) atoms. The fraction of sp³-hybridized carbons (Fsp3) is 0.310. The number of anilines is 1. The lowest BCUT2D eigenvalue weighted by atomic mass is 9.95. The van der Waals surface area contributed by atoms with Crippen molar-refractivity contribution in [2.24, 2.45) is 4.99 Å². The number of methoxy groups -OCH3 is 1. The lowest BCUT2D eigenvalue weighted by Gasteiger charge is -2.25. The number of fused-ring (bicyclic) bond motifs is 2. The van der Waals surface area contributed by atoms with E-state index in [1.807, 2.05) is 38.1 Å². The molecule has 2 aliphatic heterocycles. The van der Waals surface area contributed by atoms with Gasteiger partial charge in [0.15, 0.2) is 16.3 Å². The number of aromatic nitrogens is 1. The summed E-state index contributed by atoms with van der Waals surface area (Å²) in [5.41, 5.74) is 2.73. The number of rotatable bonds is 7. The van der Waals surface area contributed by atoms with Gasteiger partial charge in [0, 0.05) is 12.1 Å². The summed E-state index contributed by atoms with van der Waals surface area (Å²) in [4.78, 5) is 47.6. The second-order valence-corrected chi connectivity index (χ2v) is 9.89. The Balaban J connectivity index is 1.81. The van der Waals surface area contributed by atoms with E-state index in [9.17, 15) is 14.4 Å². The lowest BCUT2D eigenvalue weighted by molar-refractivity contribution is -0.139. The highest BCUT2D eigenvalue weighted by atomic mass is 32.1. The minimum Gasteiger partial charge on any atom is -0.493 e. The van der Waals surface area contributed by atoms with Crippen molar-refractivity contribution in [1.82, 2.24) is 4.57 Å². The van der Waals surface area contributed by atoms with E-state index in [4.69, 9.17) is 14.2 Å².